The van der Waals surface area contributed by atoms with Crippen LogP contribution in [0.5, 0.6) is 0 Å². The van der Waals surface area contributed by atoms with Gasteiger partial charge in [0.1, 0.15) is 18.2 Å². The number of nitrogens with one attached hydrogen (secondary N) is 1. The number of fused-ring (bicyclic) bond motifs is 1. The monoisotopic (exact) mass is 539 g/mol. The van der Waals surface area contributed by atoms with Crippen LogP contribution in [0.4, 0.5) is 10.1 Å². The van der Waals surface area contributed by atoms with E-state index in [0.29, 0.717) is 22.5 Å². The summed E-state index contributed by atoms with van der Waals surface area (Å²) in [5, 5.41) is 3.22. The van der Waals surface area contributed by atoms with Crippen LogP contribution in [0, 0.1) is 5.82 Å². The smallest absolute Gasteiger partial charge is 0.262 e. The van der Waals surface area contributed by atoms with E-state index in [4.69, 9.17) is 16.6 Å². The van der Waals surface area contributed by atoms with Gasteiger partial charge in [0, 0.05) is 49.5 Å². The lowest BCUT2D eigenvalue weighted by Gasteiger charge is -2.28. The predicted octanol–water partition coefficient (Wildman–Crippen LogP) is 4.84. The number of benzene rings is 2. The summed E-state index contributed by atoms with van der Waals surface area (Å²) < 4.78 is 15.2. The molecule has 2 heterocycles. The number of aromatic nitrogens is 2. The van der Waals surface area contributed by atoms with Crippen molar-refractivity contribution in [1.29, 1.82) is 0 Å². The highest BCUT2D eigenvalue weighted by Gasteiger charge is 2.25. The molecule has 38 heavy (non-hydrogen) atoms. The van der Waals surface area contributed by atoms with Gasteiger partial charge in [-0.05, 0) is 69.5 Å². The summed E-state index contributed by atoms with van der Waals surface area (Å²) in [5.74, 6) is -0.581. The first-order valence-corrected chi connectivity index (χ1v) is 14.0. The highest BCUT2D eigenvalue weighted by molar-refractivity contribution is 6.31. The van der Waals surface area contributed by atoms with Gasteiger partial charge in [-0.2, -0.15) is 0 Å². The third-order valence-electron chi connectivity index (χ3n) is 7.60. The molecular formula is C29H35ClFN5O2. The molecule has 1 amide bonds. The van der Waals surface area contributed by atoms with Gasteiger partial charge in [-0.25, -0.2) is 9.37 Å². The van der Waals surface area contributed by atoms with E-state index >= 15 is 0 Å². The zero-order chi connectivity index (χ0) is 26.8. The van der Waals surface area contributed by atoms with Crippen molar-refractivity contribution >= 4 is 34.1 Å². The Bertz CT molecular complexity index is 1390. The maximum Gasteiger partial charge on any atom is 0.262 e. The molecule has 1 aliphatic heterocycles. The van der Waals surface area contributed by atoms with Crippen molar-refractivity contribution in [3.05, 3.63) is 57.6 Å². The standard InChI is InChI=1S/C29H35ClFN5O2/c1-19(2)32-27(37)18-36-28(20-8-10-25(31)24(30)16-20)33-26-11-9-22(17-23(26)29(36)38)35-13-5-12-34(14-15-35)21-6-3-4-7-21/h8-11,16-17,19,21H,3-7,12-15,18H2,1-2H3,(H,32,37). The van der Waals surface area contributed by atoms with Gasteiger partial charge in [0.25, 0.3) is 5.56 Å². The molecule has 0 unspecified atom stereocenters. The van der Waals surface area contributed by atoms with Gasteiger partial charge in [0.15, 0.2) is 0 Å². The van der Waals surface area contributed by atoms with E-state index in [-0.39, 0.29) is 34.9 Å². The van der Waals surface area contributed by atoms with Gasteiger partial charge in [0.05, 0.1) is 15.9 Å². The maximum atomic E-state index is 13.9. The first-order valence-electron chi connectivity index (χ1n) is 13.6. The zero-order valence-electron chi connectivity index (χ0n) is 22.1. The minimum absolute atomic E-state index is 0.0711. The Labute approximate surface area is 227 Å². The maximum absolute atomic E-state index is 13.9. The lowest BCUT2D eigenvalue weighted by Crippen LogP contribution is -2.37. The Kier molecular flexibility index (Phi) is 8.00. The molecule has 3 aromatic rings. The van der Waals surface area contributed by atoms with E-state index in [1.165, 1.54) is 48.4 Å². The normalized spacial score (nSPS) is 17.3. The van der Waals surface area contributed by atoms with Crippen LogP contribution in [-0.4, -0.2) is 58.6 Å². The Morgan fingerprint density at radius 2 is 1.87 bits per heavy atom. The number of halogens is 2. The van der Waals surface area contributed by atoms with Gasteiger partial charge in [0.2, 0.25) is 5.91 Å². The lowest BCUT2D eigenvalue weighted by atomic mass is 10.1. The first kappa shape index (κ1) is 26.6. The average molecular weight is 540 g/mol. The molecule has 1 aliphatic carbocycles. The predicted molar refractivity (Wildman–Crippen MR) is 150 cm³/mol. The number of anilines is 1. The van der Waals surface area contributed by atoms with Gasteiger partial charge >= 0.3 is 0 Å². The van der Waals surface area contributed by atoms with Gasteiger partial charge in [-0.1, -0.05) is 24.4 Å². The molecule has 2 fully saturated rings. The number of rotatable bonds is 6. The van der Waals surface area contributed by atoms with Crippen molar-refractivity contribution in [2.45, 2.75) is 64.6 Å². The third kappa shape index (κ3) is 5.71. The molecule has 0 radical (unpaired) electrons. The topological polar surface area (TPSA) is 70.5 Å². The number of hydrogen-bond acceptors (Lipinski definition) is 5. The van der Waals surface area contributed by atoms with Crippen molar-refractivity contribution in [3.8, 4) is 11.4 Å². The molecule has 0 spiro atoms. The van der Waals surface area contributed by atoms with Crippen LogP contribution in [0.25, 0.3) is 22.3 Å². The molecule has 7 nitrogen and oxygen atoms in total. The number of amides is 1. The highest BCUT2D eigenvalue weighted by Crippen LogP contribution is 2.28. The van der Waals surface area contributed by atoms with Crippen LogP contribution in [0.15, 0.2) is 41.2 Å². The Morgan fingerprint density at radius 1 is 1.08 bits per heavy atom. The van der Waals surface area contributed by atoms with Gasteiger partial charge in [-0.3, -0.25) is 19.1 Å². The SMILES string of the molecule is CC(C)NC(=O)Cn1c(-c2ccc(F)c(Cl)c2)nc2ccc(N3CCCN(C4CCCC4)CC3)cc2c1=O. The zero-order valence-corrected chi connectivity index (χ0v) is 22.8. The number of nitrogens with zero attached hydrogens (tertiary/aromatic N) is 4. The summed E-state index contributed by atoms with van der Waals surface area (Å²) in [4.78, 5) is 36.3. The summed E-state index contributed by atoms with van der Waals surface area (Å²) in [6, 6.07) is 10.6. The fraction of sp³-hybridized carbons (Fsp3) is 0.483. The van der Waals surface area contributed by atoms with Gasteiger partial charge < -0.3 is 10.2 Å². The minimum Gasteiger partial charge on any atom is -0.370 e. The van der Waals surface area contributed by atoms with Crippen molar-refractivity contribution < 1.29 is 9.18 Å². The lowest BCUT2D eigenvalue weighted by molar-refractivity contribution is -0.122. The third-order valence-corrected chi connectivity index (χ3v) is 7.89. The molecule has 1 saturated carbocycles. The second kappa shape index (κ2) is 11.4. The van der Waals surface area contributed by atoms with E-state index in [1.807, 2.05) is 32.0 Å². The Morgan fingerprint density at radius 3 is 2.61 bits per heavy atom. The highest BCUT2D eigenvalue weighted by atomic mass is 35.5. The van der Waals surface area contributed by atoms with Crippen LogP contribution in [0.1, 0.15) is 46.0 Å². The molecule has 2 aromatic carbocycles. The molecule has 202 valence electrons. The molecule has 9 heteroatoms. The fourth-order valence-electron chi connectivity index (χ4n) is 5.75. The molecule has 1 aromatic heterocycles. The van der Waals surface area contributed by atoms with E-state index < -0.39 is 5.82 Å². The van der Waals surface area contributed by atoms with Crippen LogP contribution in [0.3, 0.4) is 0 Å². The first-order chi connectivity index (χ1) is 18.3. The van der Waals surface area contributed by atoms with Gasteiger partial charge in [-0.15, -0.1) is 0 Å². The molecule has 5 rings (SSSR count). The van der Waals surface area contributed by atoms with E-state index in [9.17, 15) is 14.0 Å². The quantitative estimate of drug-likeness (QED) is 0.485. The van der Waals surface area contributed by atoms with Crippen molar-refractivity contribution in [2.75, 3.05) is 31.1 Å². The largest absolute Gasteiger partial charge is 0.370 e. The molecule has 0 atom stereocenters. The van der Waals surface area contributed by atoms with E-state index in [2.05, 4.69) is 15.1 Å². The summed E-state index contributed by atoms with van der Waals surface area (Å²) in [7, 11) is 0. The number of hydrogen-bond donors (Lipinski definition) is 1. The Balaban J connectivity index is 1.51. The molecule has 0 bridgehead atoms. The average Bonchev–Trinajstić information content (AvgIpc) is 3.31. The second-order valence-corrected chi connectivity index (χ2v) is 11.1. The number of carbonyl (C=O) groups excluding carboxylic acids is 1. The van der Waals surface area contributed by atoms with Crippen molar-refractivity contribution in [2.24, 2.45) is 0 Å². The molecule has 1 N–H and O–H groups in total. The van der Waals surface area contributed by atoms with Crippen LogP contribution < -0.4 is 15.8 Å². The van der Waals surface area contributed by atoms with E-state index in [0.717, 1.165) is 38.3 Å². The van der Waals surface area contributed by atoms with Crippen LogP contribution >= 0.6 is 11.6 Å². The molecule has 1 saturated heterocycles. The summed E-state index contributed by atoms with van der Waals surface area (Å²) in [6.45, 7) is 7.49. The van der Waals surface area contributed by atoms with Crippen molar-refractivity contribution in [1.82, 2.24) is 19.8 Å². The summed E-state index contributed by atoms with van der Waals surface area (Å²) >= 11 is 6.04. The molecule has 2 aliphatic rings. The van der Waals surface area contributed by atoms with Crippen molar-refractivity contribution in [3.63, 3.8) is 0 Å². The summed E-state index contributed by atoms with van der Waals surface area (Å²) in [5.41, 5.74) is 1.67. The summed E-state index contributed by atoms with van der Waals surface area (Å²) in [6.07, 6.45) is 6.34. The number of carbonyl (C=O) groups is 1. The fourth-order valence-corrected chi connectivity index (χ4v) is 5.93. The van der Waals surface area contributed by atoms with E-state index in [1.54, 1.807) is 0 Å². The Hall–Kier alpha value is -2.97. The molecular weight excluding hydrogens is 505 g/mol. The second-order valence-electron chi connectivity index (χ2n) is 10.7. The van der Waals surface area contributed by atoms with Crippen LogP contribution in [-0.2, 0) is 11.3 Å². The minimum atomic E-state index is -0.559. The van der Waals surface area contributed by atoms with Crippen LogP contribution in [0.2, 0.25) is 5.02 Å².